The van der Waals surface area contributed by atoms with Crippen molar-refractivity contribution in [2.75, 3.05) is 6.61 Å². The Morgan fingerprint density at radius 2 is 2.43 bits per heavy atom. The molecule has 2 rings (SSSR count). The van der Waals surface area contributed by atoms with Crippen LogP contribution in [0.1, 0.15) is 36.9 Å². The summed E-state index contributed by atoms with van der Waals surface area (Å²) in [5.74, 6) is 0.993. The van der Waals surface area contributed by atoms with Crippen LogP contribution in [-0.4, -0.2) is 26.4 Å². The zero-order chi connectivity index (χ0) is 9.97. The monoisotopic (exact) mass is 196 g/mol. The van der Waals surface area contributed by atoms with Crippen LogP contribution >= 0.6 is 0 Å². The van der Waals surface area contributed by atoms with Crippen LogP contribution in [0.4, 0.5) is 0 Å². The van der Waals surface area contributed by atoms with Crippen molar-refractivity contribution in [3.8, 4) is 0 Å². The lowest BCUT2D eigenvalue weighted by molar-refractivity contribution is 0.138. The standard InChI is InChI=1S/C10H16N2O2/c13-6-2-4-10-11-7-8-9(14)3-1-5-12(8)10/h7,9,13-14H,1-6H2. The summed E-state index contributed by atoms with van der Waals surface area (Å²) in [5.41, 5.74) is 0.934. The minimum Gasteiger partial charge on any atom is -0.396 e. The van der Waals surface area contributed by atoms with Gasteiger partial charge in [-0.3, -0.25) is 0 Å². The predicted molar refractivity (Wildman–Crippen MR) is 51.8 cm³/mol. The minimum absolute atomic E-state index is 0.199. The van der Waals surface area contributed by atoms with Crippen LogP contribution in [0.5, 0.6) is 0 Å². The molecule has 2 heterocycles. The average Bonchev–Trinajstić information content (AvgIpc) is 2.60. The largest absolute Gasteiger partial charge is 0.396 e. The number of imidazole rings is 1. The first-order valence-electron chi connectivity index (χ1n) is 5.16. The van der Waals surface area contributed by atoms with Gasteiger partial charge >= 0.3 is 0 Å². The third-order valence-corrected chi connectivity index (χ3v) is 2.73. The molecule has 1 aromatic heterocycles. The second kappa shape index (κ2) is 4.11. The van der Waals surface area contributed by atoms with Gasteiger partial charge in [0.2, 0.25) is 0 Å². The highest BCUT2D eigenvalue weighted by atomic mass is 16.3. The van der Waals surface area contributed by atoms with E-state index in [1.807, 2.05) is 0 Å². The number of hydrogen-bond acceptors (Lipinski definition) is 3. The van der Waals surface area contributed by atoms with Crippen LogP contribution in [0.2, 0.25) is 0 Å². The molecule has 1 aliphatic heterocycles. The molecule has 4 heteroatoms. The molecule has 0 radical (unpaired) electrons. The van der Waals surface area contributed by atoms with Crippen LogP contribution in [0.15, 0.2) is 6.20 Å². The van der Waals surface area contributed by atoms with Crippen molar-refractivity contribution in [3.05, 3.63) is 17.7 Å². The highest BCUT2D eigenvalue weighted by molar-refractivity contribution is 5.10. The van der Waals surface area contributed by atoms with Gasteiger partial charge in [0, 0.05) is 19.6 Å². The Hall–Kier alpha value is -0.870. The molecule has 1 aromatic rings. The summed E-state index contributed by atoms with van der Waals surface area (Å²) in [5, 5.41) is 18.4. The molecular weight excluding hydrogens is 180 g/mol. The lowest BCUT2D eigenvalue weighted by atomic mass is 10.1. The van der Waals surface area contributed by atoms with Gasteiger partial charge in [-0.05, 0) is 19.3 Å². The normalized spacial score (nSPS) is 20.9. The van der Waals surface area contributed by atoms with Gasteiger partial charge in [-0.1, -0.05) is 0 Å². The van der Waals surface area contributed by atoms with Gasteiger partial charge < -0.3 is 14.8 Å². The number of hydrogen-bond donors (Lipinski definition) is 2. The Bertz CT molecular complexity index is 309. The molecule has 0 saturated heterocycles. The number of aliphatic hydroxyl groups excluding tert-OH is 2. The molecule has 78 valence electrons. The Labute approximate surface area is 83.2 Å². The number of fused-ring (bicyclic) bond motifs is 1. The van der Waals surface area contributed by atoms with E-state index in [0.29, 0.717) is 0 Å². The van der Waals surface area contributed by atoms with E-state index in [2.05, 4.69) is 9.55 Å². The number of aliphatic hydroxyl groups is 2. The van der Waals surface area contributed by atoms with Crippen molar-refractivity contribution in [1.29, 1.82) is 0 Å². The van der Waals surface area contributed by atoms with Crippen LogP contribution in [0, 0.1) is 0 Å². The fourth-order valence-electron chi connectivity index (χ4n) is 1.98. The molecule has 0 aromatic carbocycles. The van der Waals surface area contributed by atoms with E-state index in [-0.39, 0.29) is 12.7 Å². The lowest BCUT2D eigenvalue weighted by Gasteiger charge is -2.21. The molecule has 1 unspecified atom stereocenters. The van der Waals surface area contributed by atoms with Crippen molar-refractivity contribution >= 4 is 0 Å². The summed E-state index contributed by atoms with van der Waals surface area (Å²) in [6, 6.07) is 0. The molecule has 0 aliphatic carbocycles. The van der Waals surface area contributed by atoms with Gasteiger partial charge in [-0.2, -0.15) is 0 Å². The van der Waals surface area contributed by atoms with E-state index in [0.717, 1.165) is 43.7 Å². The average molecular weight is 196 g/mol. The Kier molecular flexibility index (Phi) is 2.84. The molecule has 1 atom stereocenters. The molecule has 14 heavy (non-hydrogen) atoms. The van der Waals surface area contributed by atoms with E-state index in [4.69, 9.17) is 5.11 Å². The van der Waals surface area contributed by atoms with Crippen molar-refractivity contribution in [1.82, 2.24) is 9.55 Å². The molecule has 2 N–H and O–H groups in total. The van der Waals surface area contributed by atoms with Crippen molar-refractivity contribution < 1.29 is 10.2 Å². The van der Waals surface area contributed by atoms with E-state index in [9.17, 15) is 5.11 Å². The first-order valence-corrected chi connectivity index (χ1v) is 5.16. The van der Waals surface area contributed by atoms with E-state index >= 15 is 0 Å². The van der Waals surface area contributed by atoms with Gasteiger partial charge in [-0.15, -0.1) is 0 Å². The first-order chi connectivity index (χ1) is 6.83. The van der Waals surface area contributed by atoms with Gasteiger partial charge in [-0.25, -0.2) is 4.98 Å². The van der Waals surface area contributed by atoms with Crippen LogP contribution in [0.3, 0.4) is 0 Å². The summed E-state index contributed by atoms with van der Waals surface area (Å²) >= 11 is 0. The summed E-state index contributed by atoms with van der Waals surface area (Å²) < 4.78 is 2.09. The molecule has 0 bridgehead atoms. The van der Waals surface area contributed by atoms with Gasteiger partial charge in [0.15, 0.2) is 0 Å². The SMILES string of the molecule is OCCCc1ncc2n1CCCC2O. The summed E-state index contributed by atoms with van der Waals surface area (Å²) in [7, 11) is 0. The molecule has 0 fully saturated rings. The fourth-order valence-corrected chi connectivity index (χ4v) is 1.98. The molecule has 1 aliphatic rings. The third-order valence-electron chi connectivity index (χ3n) is 2.73. The molecular formula is C10H16N2O2. The summed E-state index contributed by atoms with van der Waals surface area (Å²) in [6.45, 7) is 1.15. The second-order valence-electron chi connectivity index (χ2n) is 3.74. The van der Waals surface area contributed by atoms with Gasteiger partial charge in [0.05, 0.1) is 18.0 Å². The molecule has 0 spiro atoms. The van der Waals surface area contributed by atoms with Crippen LogP contribution < -0.4 is 0 Å². The Morgan fingerprint density at radius 1 is 1.57 bits per heavy atom. The third kappa shape index (κ3) is 1.67. The van der Waals surface area contributed by atoms with Crippen LogP contribution in [-0.2, 0) is 13.0 Å². The van der Waals surface area contributed by atoms with Crippen LogP contribution in [0.25, 0.3) is 0 Å². The minimum atomic E-state index is -0.348. The fraction of sp³-hybridized carbons (Fsp3) is 0.700. The van der Waals surface area contributed by atoms with E-state index < -0.39 is 0 Å². The van der Waals surface area contributed by atoms with Crippen molar-refractivity contribution in [2.24, 2.45) is 0 Å². The molecule has 0 saturated carbocycles. The second-order valence-corrected chi connectivity index (χ2v) is 3.74. The Morgan fingerprint density at radius 3 is 3.21 bits per heavy atom. The van der Waals surface area contributed by atoms with E-state index in [1.54, 1.807) is 6.20 Å². The zero-order valence-corrected chi connectivity index (χ0v) is 8.19. The summed E-state index contributed by atoms with van der Waals surface area (Å²) in [6.07, 6.45) is 4.80. The number of nitrogens with zero attached hydrogens (tertiary/aromatic N) is 2. The van der Waals surface area contributed by atoms with E-state index in [1.165, 1.54) is 0 Å². The zero-order valence-electron chi connectivity index (χ0n) is 8.19. The maximum absolute atomic E-state index is 9.69. The van der Waals surface area contributed by atoms with Crippen molar-refractivity contribution in [3.63, 3.8) is 0 Å². The quantitative estimate of drug-likeness (QED) is 0.745. The van der Waals surface area contributed by atoms with Gasteiger partial charge in [0.25, 0.3) is 0 Å². The number of aryl methyl sites for hydroxylation is 1. The Balaban J connectivity index is 2.18. The smallest absolute Gasteiger partial charge is 0.109 e. The van der Waals surface area contributed by atoms with Gasteiger partial charge in [0.1, 0.15) is 5.82 Å². The maximum atomic E-state index is 9.69. The molecule has 0 amide bonds. The number of aromatic nitrogens is 2. The topological polar surface area (TPSA) is 58.3 Å². The first kappa shape index (κ1) is 9.68. The summed E-state index contributed by atoms with van der Waals surface area (Å²) in [4.78, 5) is 4.28. The molecule has 4 nitrogen and oxygen atoms in total. The highest BCUT2D eigenvalue weighted by Gasteiger charge is 2.20. The maximum Gasteiger partial charge on any atom is 0.109 e. The highest BCUT2D eigenvalue weighted by Crippen LogP contribution is 2.25. The predicted octanol–water partition coefficient (Wildman–Crippen LogP) is 0.635. The number of rotatable bonds is 3. The lowest BCUT2D eigenvalue weighted by Crippen LogP contribution is -2.16. The van der Waals surface area contributed by atoms with Crippen molar-refractivity contribution in [2.45, 2.75) is 38.3 Å².